The lowest BCUT2D eigenvalue weighted by atomic mass is 9.88. The Labute approximate surface area is 226 Å². The minimum atomic E-state index is -3.22. The molecule has 0 radical (unpaired) electrons. The van der Waals surface area contributed by atoms with Gasteiger partial charge in [-0.1, -0.05) is 12.2 Å². The molecule has 9 heteroatoms. The van der Waals surface area contributed by atoms with Crippen LogP contribution in [0.5, 0.6) is 0 Å². The zero-order chi connectivity index (χ0) is 29.1. The third-order valence-corrected chi connectivity index (χ3v) is 6.20. The fourth-order valence-corrected chi connectivity index (χ4v) is 4.41. The highest BCUT2D eigenvalue weighted by Crippen LogP contribution is 2.37. The van der Waals surface area contributed by atoms with Gasteiger partial charge in [0.05, 0.1) is 24.6 Å². The summed E-state index contributed by atoms with van der Waals surface area (Å²) in [6.07, 6.45) is 0.281. The van der Waals surface area contributed by atoms with Gasteiger partial charge in [0.25, 0.3) is 6.43 Å². The molecule has 2 N–H and O–H groups in total. The molecule has 0 aliphatic heterocycles. The van der Waals surface area contributed by atoms with Crippen molar-refractivity contribution in [2.75, 3.05) is 6.61 Å². The van der Waals surface area contributed by atoms with E-state index in [0.717, 1.165) is 18.9 Å². The minimum Gasteiger partial charge on any atom is -0.466 e. The number of ether oxygens (including phenoxy) is 1. The van der Waals surface area contributed by atoms with Crippen LogP contribution in [0.1, 0.15) is 73.7 Å². The third kappa shape index (κ3) is 8.78. The maximum Gasteiger partial charge on any atom is 0.308 e. The fourth-order valence-electron chi connectivity index (χ4n) is 4.41. The summed E-state index contributed by atoms with van der Waals surface area (Å²) < 4.78 is 62.9. The Hall–Kier alpha value is -3.46. The summed E-state index contributed by atoms with van der Waals surface area (Å²) in [4.78, 5) is 24.9. The number of carbonyl (C=O) groups is 2. The maximum absolute atomic E-state index is 15.5. The number of allylic oxidation sites excluding steroid dienone is 1. The summed E-state index contributed by atoms with van der Waals surface area (Å²) in [7, 11) is 0. The number of aliphatic hydroxyl groups is 1. The lowest BCUT2D eigenvalue weighted by Gasteiger charge is -2.23. The predicted molar refractivity (Wildman–Crippen MR) is 142 cm³/mol. The summed E-state index contributed by atoms with van der Waals surface area (Å²) in [5.74, 6) is -3.53. The Morgan fingerprint density at radius 3 is 2.38 bits per heavy atom. The van der Waals surface area contributed by atoms with E-state index in [-0.39, 0.29) is 24.2 Å². The molecule has 39 heavy (non-hydrogen) atoms. The number of hydrogen-bond acceptors (Lipinski definition) is 4. The third-order valence-electron chi connectivity index (χ3n) is 6.20. The Morgan fingerprint density at radius 1 is 1.08 bits per heavy atom. The summed E-state index contributed by atoms with van der Waals surface area (Å²) in [5, 5.41) is 12.4. The van der Waals surface area contributed by atoms with Crippen molar-refractivity contribution in [2.45, 2.75) is 70.9 Å². The molecule has 0 saturated heterocycles. The number of unbranched alkanes of at least 4 members (excludes halogenated alkanes) is 2. The number of benzene rings is 2. The molecule has 0 spiro atoms. The molecule has 2 aromatic carbocycles. The normalized spacial score (nSPS) is 12.6. The number of hydrogen-bond donors (Lipinski definition) is 2. The van der Waals surface area contributed by atoms with E-state index in [1.165, 1.54) is 24.3 Å². The maximum atomic E-state index is 15.5. The Morgan fingerprint density at radius 2 is 1.77 bits per heavy atom. The van der Waals surface area contributed by atoms with E-state index >= 15 is 4.39 Å². The smallest absolute Gasteiger partial charge is 0.308 e. The van der Waals surface area contributed by atoms with Gasteiger partial charge in [0.2, 0.25) is 5.91 Å². The van der Waals surface area contributed by atoms with Crippen LogP contribution in [0.2, 0.25) is 0 Å². The van der Waals surface area contributed by atoms with E-state index in [1.807, 2.05) is 0 Å². The summed E-state index contributed by atoms with van der Waals surface area (Å²) in [6, 6.07) is 3.44. The molecule has 2 rings (SSSR count). The van der Waals surface area contributed by atoms with Crippen molar-refractivity contribution in [1.82, 2.24) is 5.32 Å². The second-order valence-corrected chi connectivity index (χ2v) is 9.17. The van der Waals surface area contributed by atoms with Gasteiger partial charge in [0, 0.05) is 12.0 Å². The van der Waals surface area contributed by atoms with E-state index in [2.05, 4.69) is 18.5 Å². The van der Waals surface area contributed by atoms with Crippen molar-refractivity contribution in [3.63, 3.8) is 0 Å². The van der Waals surface area contributed by atoms with Gasteiger partial charge >= 0.3 is 5.97 Å². The topological polar surface area (TPSA) is 75.6 Å². The van der Waals surface area contributed by atoms with Crippen LogP contribution in [0, 0.1) is 18.6 Å². The molecule has 0 heterocycles. The first-order chi connectivity index (χ1) is 18.5. The van der Waals surface area contributed by atoms with Crippen LogP contribution in [0.4, 0.5) is 17.6 Å². The number of alkyl halides is 2. The molecule has 2 atom stereocenters. The van der Waals surface area contributed by atoms with Gasteiger partial charge < -0.3 is 15.2 Å². The Bertz CT molecular complexity index is 1180. The van der Waals surface area contributed by atoms with Crippen LogP contribution < -0.4 is 5.32 Å². The number of nitrogens with one attached hydrogen (secondary N) is 1. The van der Waals surface area contributed by atoms with E-state index in [9.17, 15) is 27.9 Å². The molecule has 0 unspecified atom stereocenters. The van der Waals surface area contributed by atoms with Gasteiger partial charge in [-0.15, -0.1) is 13.2 Å². The van der Waals surface area contributed by atoms with Crippen molar-refractivity contribution in [2.24, 2.45) is 0 Å². The van der Waals surface area contributed by atoms with E-state index < -0.39 is 54.1 Å². The van der Waals surface area contributed by atoms with Crippen LogP contribution in [-0.4, -0.2) is 29.7 Å². The summed E-state index contributed by atoms with van der Waals surface area (Å²) >= 11 is 0. The van der Waals surface area contributed by atoms with Gasteiger partial charge in [-0.05, 0) is 86.1 Å². The van der Waals surface area contributed by atoms with E-state index in [1.54, 1.807) is 19.9 Å². The van der Waals surface area contributed by atoms with Crippen molar-refractivity contribution in [1.29, 1.82) is 0 Å². The Balaban J connectivity index is 2.71. The number of halogens is 4. The van der Waals surface area contributed by atoms with Gasteiger partial charge in [-0.3, -0.25) is 9.59 Å². The SMILES string of the molecule is C=CCCCCc1cc(F)cc(C)c1-c1cc(C(F)F)c(F)c([C@H](CC(=O)OCC)NC(=O)[C@H](O)CC=C)c1. The molecular formula is C30H35F4NO4. The van der Waals surface area contributed by atoms with Gasteiger partial charge in [-0.2, -0.15) is 0 Å². The van der Waals surface area contributed by atoms with Crippen molar-refractivity contribution < 1.29 is 37.0 Å². The molecule has 1 amide bonds. The number of esters is 1. The second-order valence-electron chi connectivity index (χ2n) is 9.17. The predicted octanol–water partition coefficient (Wildman–Crippen LogP) is 6.82. The molecule has 0 fully saturated rings. The standard InChI is InChI=1S/C30H35F4NO4/c1-5-8-9-10-12-19-14-21(31)13-18(4)27(19)20-15-22(28(32)23(16-20)29(33)34)24(17-26(37)39-7-3)35-30(38)25(36)11-6-2/h5-6,13-16,24-25,29,36H,1-2,7-12,17H2,3-4H3,(H,35,38)/t24-,25+/m0/s1. The van der Waals surface area contributed by atoms with Gasteiger partial charge in [0.15, 0.2) is 0 Å². The molecular weight excluding hydrogens is 514 g/mol. The number of aryl methyl sites for hydroxylation is 2. The number of aliphatic hydroxyl groups excluding tert-OH is 1. The molecule has 0 aromatic heterocycles. The van der Waals surface area contributed by atoms with Crippen LogP contribution in [0.3, 0.4) is 0 Å². The highest BCUT2D eigenvalue weighted by Gasteiger charge is 2.29. The first-order valence-corrected chi connectivity index (χ1v) is 12.8. The average molecular weight is 550 g/mol. The molecule has 0 saturated carbocycles. The highest BCUT2D eigenvalue weighted by atomic mass is 19.3. The summed E-state index contributed by atoms with van der Waals surface area (Å²) in [5.41, 5.74) is 0.356. The molecule has 2 aromatic rings. The zero-order valence-electron chi connectivity index (χ0n) is 22.2. The van der Waals surface area contributed by atoms with E-state index in [4.69, 9.17) is 4.74 Å². The lowest BCUT2D eigenvalue weighted by Crippen LogP contribution is -2.38. The van der Waals surface area contributed by atoms with Crippen LogP contribution in [0.25, 0.3) is 11.1 Å². The number of amides is 1. The molecule has 0 bridgehead atoms. The first kappa shape index (κ1) is 31.8. The summed E-state index contributed by atoms with van der Waals surface area (Å²) in [6.45, 7) is 10.3. The molecule has 212 valence electrons. The van der Waals surface area contributed by atoms with Crippen molar-refractivity contribution in [3.8, 4) is 11.1 Å². The average Bonchev–Trinajstić information content (AvgIpc) is 2.86. The monoisotopic (exact) mass is 549 g/mol. The molecule has 5 nitrogen and oxygen atoms in total. The minimum absolute atomic E-state index is 0.00732. The molecule has 0 aliphatic carbocycles. The second kappa shape index (κ2) is 15.2. The van der Waals surface area contributed by atoms with Crippen molar-refractivity contribution >= 4 is 11.9 Å². The van der Waals surface area contributed by atoms with Gasteiger partial charge in [0.1, 0.15) is 17.7 Å². The highest BCUT2D eigenvalue weighted by molar-refractivity contribution is 5.82. The van der Waals surface area contributed by atoms with Crippen LogP contribution >= 0.6 is 0 Å². The lowest BCUT2D eigenvalue weighted by molar-refractivity contribution is -0.144. The number of rotatable bonds is 15. The molecule has 0 aliphatic rings. The quantitative estimate of drug-likeness (QED) is 0.111. The zero-order valence-corrected chi connectivity index (χ0v) is 22.2. The van der Waals surface area contributed by atoms with E-state index in [0.29, 0.717) is 29.5 Å². The van der Waals surface area contributed by atoms with Crippen molar-refractivity contribution in [3.05, 3.63) is 83.5 Å². The number of carbonyl (C=O) groups excluding carboxylic acids is 2. The van der Waals surface area contributed by atoms with Gasteiger partial charge in [-0.25, -0.2) is 17.6 Å². The largest absolute Gasteiger partial charge is 0.466 e. The first-order valence-electron chi connectivity index (χ1n) is 12.8. The van der Waals surface area contributed by atoms with Crippen LogP contribution in [-0.2, 0) is 20.7 Å². The Kier molecular flexibility index (Phi) is 12.4. The van der Waals surface area contributed by atoms with Crippen LogP contribution in [0.15, 0.2) is 49.6 Å². The fraction of sp³-hybridized carbons (Fsp3) is 0.400.